The van der Waals surface area contributed by atoms with Crippen molar-refractivity contribution in [2.45, 2.75) is 6.92 Å². The van der Waals surface area contributed by atoms with Gasteiger partial charge in [-0.25, -0.2) is 0 Å². The van der Waals surface area contributed by atoms with Crippen molar-refractivity contribution < 1.29 is 4.79 Å². The molecule has 1 nitrogen and oxygen atoms in total. The Morgan fingerprint density at radius 3 is 2.89 bits per heavy atom. The summed E-state index contributed by atoms with van der Waals surface area (Å²) < 4.78 is 0. The fourth-order valence-corrected chi connectivity index (χ4v) is 0.648. The van der Waals surface area contributed by atoms with Crippen LogP contribution in [0.3, 0.4) is 0 Å². The van der Waals surface area contributed by atoms with Crippen LogP contribution in [-0.4, -0.2) is 6.29 Å². The van der Waals surface area contributed by atoms with E-state index in [-0.39, 0.29) is 0 Å². The van der Waals surface area contributed by atoms with Crippen LogP contribution in [0.4, 0.5) is 0 Å². The molecular formula is C8H7O+. The van der Waals surface area contributed by atoms with Gasteiger partial charge in [-0.05, 0) is 6.92 Å². The van der Waals surface area contributed by atoms with E-state index in [1.165, 1.54) is 0 Å². The molecule has 0 fully saturated rings. The van der Waals surface area contributed by atoms with Crippen LogP contribution in [0.2, 0.25) is 0 Å². The van der Waals surface area contributed by atoms with Crippen molar-refractivity contribution in [2.24, 2.45) is 0 Å². The molecule has 0 saturated heterocycles. The van der Waals surface area contributed by atoms with E-state index in [1.54, 1.807) is 12.2 Å². The summed E-state index contributed by atoms with van der Waals surface area (Å²) in [5.41, 5.74) is 1.72. The molecule has 1 aliphatic carbocycles. The summed E-state index contributed by atoms with van der Waals surface area (Å²) in [6, 6.07) is 0. The smallest absolute Gasteiger partial charge is 0.206 e. The van der Waals surface area contributed by atoms with E-state index < -0.39 is 0 Å². The van der Waals surface area contributed by atoms with E-state index in [2.05, 4.69) is 6.08 Å². The molecular weight excluding hydrogens is 112 g/mol. The van der Waals surface area contributed by atoms with E-state index in [0.717, 1.165) is 17.4 Å². The van der Waals surface area contributed by atoms with Crippen molar-refractivity contribution in [3.8, 4) is 0 Å². The van der Waals surface area contributed by atoms with Gasteiger partial charge in [0.05, 0.1) is 11.6 Å². The lowest BCUT2D eigenvalue weighted by molar-refractivity contribution is -0.104. The average Bonchev–Trinajstić information content (AvgIpc) is 1.89. The molecule has 0 aliphatic heterocycles. The molecule has 0 aromatic carbocycles. The van der Waals surface area contributed by atoms with Crippen LogP contribution < -0.4 is 0 Å². The third-order valence-corrected chi connectivity index (χ3v) is 1.25. The minimum atomic E-state index is 0.720. The van der Waals surface area contributed by atoms with Gasteiger partial charge in [-0.2, -0.15) is 0 Å². The zero-order valence-corrected chi connectivity index (χ0v) is 5.22. The van der Waals surface area contributed by atoms with Gasteiger partial charge in [-0.3, -0.25) is 4.79 Å². The molecule has 0 N–H and O–H groups in total. The quantitative estimate of drug-likeness (QED) is 0.377. The number of hydrogen-bond donors (Lipinski definition) is 0. The van der Waals surface area contributed by atoms with Crippen LogP contribution in [0.5, 0.6) is 0 Å². The summed E-state index contributed by atoms with van der Waals surface area (Å²) in [4.78, 5) is 10.2. The van der Waals surface area contributed by atoms with Crippen LogP contribution in [0.15, 0.2) is 29.4 Å². The van der Waals surface area contributed by atoms with E-state index in [9.17, 15) is 4.79 Å². The van der Waals surface area contributed by atoms with Crippen LogP contribution in [0, 0.1) is 6.08 Å². The molecule has 0 spiro atoms. The lowest BCUT2D eigenvalue weighted by Gasteiger charge is -1.87. The Kier molecular flexibility index (Phi) is 1.57. The zero-order valence-electron chi connectivity index (χ0n) is 5.22. The van der Waals surface area contributed by atoms with Crippen LogP contribution >= 0.6 is 0 Å². The average molecular weight is 119 g/mol. The van der Waals surface area contributed by atoms with E-state index in [0.29, 0.717) is 0 Å². The molecule has 9 heavy (non-hydrogen) atoms. The summed E-state index contributed by atoms with van der Waals surface area (Å²) in [6.45, 7) is 1.90. The maximum absolute atomic E-state index is 10.2. The zero-order chi connectivity index (χ0) is 6.69. The summed E-state index contributed by atoms with van der Waals surface area (Å²) in [5.74, 6) is 0. The molecule has 0 amide bonds. The number of hydrogen-bond acceptors (Lipinski definition) is 1. The second-order valence-electron chi connectivity index (χ2n) is 1.90. The van der Waals surface area contributed by atoms with Crippen LogP contribution in [-0.2, 0) is 4.79 Å². The molecule has 0 radical (unpaired) electrons. The van der Waals surface area contributed by atoms with Crippen molar-refractivity contribution in [2.75, 3.05) is 0 Å². The topological polar surface area (TPSA) is 17.1 Å². The molecule has 44 valence electrons. The Hall–Kier alpha value is -1.20. The van der Waals surface area contributed by atoms with E-state index >= 15 is 0 Å². The van der Waals surface area contributed by atoms with Crippen molar-refractivity contribution >= 4 is 6.29 Å². The molecule has 0 aromatic heterocycles. The lowest BCUT2D eigenvalue weighted by Crippen LogP contribution is -1.86. The predicted octanol–water partition coefficient (Wildman–Crippen LogP) is 1.43. The highest BCUT2D eigenvalue weighted by molar-refractivity contribution is 5.80. The third-order valence-electron chi connectivity index (χ3n) is 1.25. The maximum Gasteiger partial charge on any atom is 0.206 e. The summed E-state index contributed by atoms with van der Waals surface area (Å²) >= 11 is 0. The normalized spacial score (nSPS) is 15.7. The number of carbonyl (C=O) groups excluding carboxylic acids is 1. The number of carbonyl (C=O) groups is 1. The molecule has 0 bridgehead atoms. The van der Waals surface area contributed by atoms with Gasteiger partial charge in [0.1, 0.15) is 17.7 Å². The molecule has 1 rings (SSSR count). The first kappa shape index (κ1) is 5.93. The minimum Gasteiger partial charge on any atom is -0.282 e. The third kappa shape index (κ3) is 1.13. The van der Waals surface area contributed by atoms with Gasteiger partial charge in [0, 0.05) is 6.08 Å². The van der Waals surface area contributed by atoms with Crippen molar-refractivity contribution in [3.05, 3.63) is 35.5 Å². The fraction of sp³-hybridized carbons (Fsp3) is 0.125. The van der Waals surface area contributed by atoms with Crippen molar-refractivity contribution in [1.82, 2.24) is 0 Å². The minimum absolute atomic E-state index is 0.720. The van der Waals surface area contributed by atoms with Crippen LogP contribution in [0.25, 0.3) is 0 Å². The van der Waals surface area contributed by atoms with Gasteiger partial charge in [0.2, 0.25) is 6.29 Å². The molecule has 1 aliphatic rings. The Labute approximate surface area is 54.4 Å². The van der Waals surface area contributed by atoms with Gasteiger partial charge in [0.15, 0.2) is 0 Å². The van der Waals surface area contributed by atoms with Crippen molar-refractivity contribution in [1.29, 1.82) is 0 Å². The molecule has 0 unspecified atom stereocenters. The van der Waals surface area contributed by atoms with E-state index in [1.807, 2.05) is 13.0 Å². The maximum atomic E-state index is 10.2. The monoisotopic (exact) mass is 119 g/mol. The van der Waals surface area contributed by atoms with Gasteiger partial charge in [0.25, 0.3) is 0 Å². The van der Waals surface area contributed by atoms with E-state index in [4.69, 9.17) is 0 Å². The highest BCUT2D eigenvalue weighted by atomic mass is 16.1. The number of rotatable bonds is 1. The van der Waals surface area contributed by atoms with Gasteiger partial charge < -0.3 is 0 Å². The Morgan fingerprint density at radius 2 is 2.44 bits per heavy atom. The lowest BCUT2D eigenvalue weighted by atomic mass is 10.1. The summed E-state index contributed by atoms with van der Waals surface area (Å²) in [5, 5.41) is 0. The Morgan fingerprint density at radius 1 is 1.67 bits per heavy atom. The predicted molar refractivity (Wildman–Crippen MR) is 35.7 cm³/mol. The molecule has 0 heterocycles. The molecule has 0 atom stereocenters. The first-order valence-corrected chi connectivity index (χ1v) is 2.76. The molecule has 1 heteroatoms. The Balaban J connectivity index is 3.01. The highest BCUT2D eigenvalue weighted by Gasteiger charge is 2.05. The van der Waals surface area contributed by atoms with Crippen LogP contribution in [0.1, 0.15) is 6.92 Å². The van der Waals surface area contributed by atoms with Gasteiger partial charge in [-0.15, -0.1) is 0 Å². The second-order valence-corrected chi connectivity index (χ2v) is 1.90. The highest BCUT2D eigenvalue weighted by Crippen LogP contribution is 2.08. The fourth-order valence-electron chi connectivity index (χ4n) is 0.648. The first-order valence-electron chi connectivity index (χ1n) is 2.76. The molecule has 0 aromatic rings. The second kappa shape index (κ2) is 2.38. The van der Waals surface area contributed by atoms with Gasteiger partial charge in [-0.1, -0.05) is 0 Å². The Bertz CT molecular complexity index is 207. The number of aldehydes is 1. The molecule has 0 saturated carbocycles. The van der Waals surface area contributed by atoms with Gasteiger partial charge >= 0.3 is 0 Å². The summed E-state index contributed by atoms with van der Waals surface area (Å²) in [6.07, 6.45) is 9.00. The summed E-state index contributed by atoms with van der Waals surface area (Å²) in [7, 11) is 0. The number of allylic oxidation sites excluding steroid dienone is 6. The first-order chi connectivity index (χ1) is 4.34. The standard InChI is InChI=1S/C8H7O/c1-7-4-2-3-5-8(7)6-9/h2,4-6H,1H3/q+1. The van der Waals surface area contributed by atoms with Crippen molar-refractivity contribution in [3.63, 3.8) is 0 Å². The SMILES string of the molecule is CC1=C(C=O)C=[C+]C=C1. The largest absolute Gasteiger partial charge is 0.282 e.